The molecule has 0 unspecified atom stereocenters. The number of carbonyl (C=O) groups excluding carboxylic acids is 3. The molecule has 4 atom stereocenters. The Morgan fingerprint density at radius 3 is 2.25 bits per heavy atom. The van der Waals surface area contributed by atoms with E-state index in [9.17, 15) is 19.9 Å². The van der Waals surface area contributed by atoms with Gasteiger partial charge in [0.2, 0.25) is 11.5 Å². The van der Waals surface area contributed by atoms with Crippen LogP contribution in [0.4, 0.5) is 0 Å². The average molecular weight is 360 g/mol. The minimum atomic E-state index is -1.14. The summed E-state index contributed by atoms with van der Waals surface area (Å²) in [4.78, 5) is 37.0. The summed E-state index contributed by atoms with van der Waals surface area (Å²) >= 11 is 1.29. The highest BCUT2D eigenvalue weighted by Gasteiger charge is 2.53. The zero-order valence-electron chi connectivity index (χ0n) is 13.9. The van der Waals surface area contributed by atoms with Crippen molar-refractivity contribution >= 4 is 35.4 Å². The molecular weight excluding hydrogens is 340 g/mol. The molecule has 1 aliphatic rings. The van der Waals surface area contributed by atoms with Gasteiger partial charge >= 0.3 is 23.6 Å². The van der Waals surface area contributed by atoms with Crippen LogP contribution in [-0.2, 0) is 33.3 Å². The molecule has 0 spiro atoms. The van der Waals surface area contributed by atoms with E-state index in [0.717, 1.165) is 0 Å². The highest BCUT2D eigenvalue weighted by atomic mass is 32.2. The van der Waals surface area contributed by atoms with Crippen molar-refractivity contribution in [1.82, 2.24) is 0 Å². The third-order valence-electron chi connectivity index (χ3n) is 2.98. The quantitative estimate of drug-likeness (QED) is 0.291. The van der Waals surface area contributed by atoms with Gasteiger partial charge in [-0.2, -0.15) is 4.79 Å². The highest BCUT2D eigenvalue weighted by molar-refractivity contribution is 8.00. The molecule has 0 aromatic carbocycles. The topological polar surface area (TPSA) is 125 Å². The van der Waals surface area contributed by atoms with E-state index in [4.69, 9.17) is 18.9 Å². The Balaban J connectivity index is 3.18. The third-order valence-corrected chi connectivity index (χ3v) is 3.96. The van der Waals surface area contributed by atoms with Gasteiger partial charge in [-0.3, -0.25) is 14.4 Å². The van der Waals surface area contributed by atoms with Gasteiger partial charge < -0.3 is 24.5 Å². The SMILES string of the molecule is CCS[C@@H]1O[C@H](COC(C)=O)[C@@H](OC(C)=O)[C@H](OC(C)=O)C1=[N+]=[N-]. The summed E-state index contributed by atoms with van der Waals surface area (Å²) in [6, 6.07) is 0. The Hall–Kier alpha value is -1.90. The fourth-order valence-corrected chi connectivity index (χ4v) is 3.03. The summed E-state index contributed by atoms with van der Waals surface area (Å²) in [7, 11) is 0. The number of carbonyl (C=O) groups is 3. The van der Waals surface area contributed by atoms with Crippen molar-refractivity contribution < 1.29 is 38.1 Å². The molecule has 0 bridgehead atoms. The Morgan fingerprint density at radius 2 is 1.79 bits per heavy atom. The van der Waals surface area contributed by atoms with Crippen LogP contribution >= 0.6 is 11.8 Å². The first kappa shape index (κ1) is 20.1. The predicted octanol–water partition coefficient (Wildman–Crippen LogP) is 0.562. The molecule has 0 aromatic heterocycles. The highest BCUT2D eigenvalue weighted by Crippen LogP contribution is 2.29. The van der Waals surface area contributed by atoms with E-state index in [0.29, 0.717) is 5.75 Å². The second kappa shape index (κ2) is 9.41. The smallest absolute Gasteiger partial charge is 0.351 e. The molecule has 10 heteroatoms. The zero-order chi connectivity index (χ0) is 18.3. The number of nitrogens with zero attached hydrogens (tertiary/aromatic N) is 2. The maximum atomic E-state index is 11.4. The first-order chi connectivity index (χ1) is 11.3. The van der Waals surface area contributed by atoms with Crippen LogP contribution in [0.1, 0.15) is 27.7 Å². The molecule has 9 nitrogen and oxygen atoms in total. The lowest BCUT2D eigenvalue weighted by Gasteiger charge is -2.36. The zero-order valence-corrected chi connectivity index (χ0v) is 14.7. The Morgan fingerprint density at radius 1 is 1.17 bits per heavy atom. The molecule has 0 aliphatic carbocycles. The van der Waals surface area contributed by atoms with Crippen molar-refractivity contribution in [2.24, 2.45) is 0 Å². The molecular formula is C14H20N2O7S. The fourth-order valence-electron chi connectivity index (χ4n) is 2.15. The van der Waals surface area contributed by atoms with Gasteiger partial charge in [0.05, 0.1) is 0 Å². The van der Waals surface area contributed by atoms with E-state index in [1.807, 2.05) is 6.92 Å². The van der Waals surface area contributed by atoms with Crippen molar-refractivity contribution in [3.05, 3.63) is 5.53 Å². The number of hydrogen-bond acceptors (Lipinski definition) is 8. The van der Waals surface area contributed by atoms with Crippen LogP contribution in [0.5, 0.6) is 0 Å². The third kappa shape index (κ3) is 5.63. The van der Waals surface area contributed by atoms with Gasteiger partial charge in [-0.1, -0.05) is 6.92 Å². The number of esters is 3. The van der Waals surface area contributed by atoms with Crippen LogP contribution in [0.15, 0.2) is 0 Å². The second-order valence-corrected chi connectivity index (χ2v) is 6.23. The maximum Gasteiger partial charge on any atom is 0.351 e. The molecule has 0 saturated carbocycles. The van der Waals surface area contributed by atoms with Gasteiger partial charge in [0.25, 0.3) is 0 Å². The molecule has 0 N–H and O–H groups in total. The standard InChI is InChI=1S/C14H20N2O7S/c1-5-24-14-11(16-15)13(22-9(4)19)12(21-8(3)18)10(23-14)6-20-7(2)17/h10,12-14H,5-6H2,1-4H3/t10-,12-,13-,14+/m1/s1. The van der Waals surface area contributed by atoms with Gasteiger partial charge in [0, 0.05) is 20.8 Å². The van der Waals surface area contributed by atoms with Gasteiger partial charge in [-0.25, -0.2) is 0 Å². The normalized spacial score (nSPS) is 26.2. The number of ether oxygens (including phenoxy) is 4. The Labute approximate surface area is 143 Å². The molecule has 0 radical (unpaired) electrons. The van der Waals surface area contributed by atoms with Crippen LogP contribution in [0, 0.1) is 0 Å². The van der Waals surface area contributed by atoms with E-state index in [2.05, 4.69) is 4.79 Å². The lowest BCUT2D eigenvalue weighted by Crippen LogP contribution is -2.59. The van der Waals surface area contributed by atoms with E-state index in [-0.39, 0.29) is 12.3 Å². The lowest BCUT2D eigenvalue weighted by molar-refractivity contribution is -0.191. The maximum absolute atomic E-state index is 11.4. The fraction of sp³-hybridized carbons (Fsp3) is 0.714. The predicted molar refractivity (Wildman–Crippen MR) is 83.2 cm³/mol. The van der Waals surface area contributed by atoms with Gasteiger partial charge in [0.1, 0.15) is 12.7 Å². The van der Waals surface area contributed by atoms with Crippen molar-refractivity contribution in [2.75, 3.05) is 12.4 Å². The second-order valence-electron chi connectivity index (χ2n) is 4.89. The van der Waals surface area contributed by atoms with Gasteiger partial charge in [-0.15, -0.1) is 11.8 Å². The number of rotatable bonds is 6. The van der Waals surface area contributed by atoms with E-state index >= 15 is 0 Å². The van der Waals surface area contributed by atoms with Crippen molar-refractivity contribution in [2.45, 2.75) is 51.4 Å². The van der Waals surface area contributed by atoms with Crippen LogP contribution in [-0.4, -0.2) is 64.5 Å². The molecule has 0 amide bonds. The molecule has 24 heavy (non-hydrogen) atoms. The molecule has 1 aliphatic heterocycles. The molecule has 1 fully saturated rings. The molecule has 1 heterocycles. The van der Waals surface area contributed by atoms with Crippen LogP contribution in [0.3, 0.4) is 0 Å². The minimum absolute atomic E-state index is 0.0161. The van der Waals surface area contributed by atoms with Crippen LogP contribution in [0.2, 0.25) is 0 Å². The van der Waals surface area contributed by atoms with Crippen molar-refractivity contribution in [3.8, 4) is 0 Å². The number of thioether (sulfide) groups is 1. The lowest BCUT2D eigenvalue weighted by atomic mass is 10.00. The molecule has 0 aromatic rings. The summed E-state index contributed by atoms with van der Waals surface area (Å²) in [6.07, 6.45) is -3.13. The monoisotopic (exact) mass is 360 g/mol. The van der Waals surface area contributed by atoms with Crippen LogP contribution in [0.25, 0.3) is 5.53 Å². The van der Waals surface area contributed by atoms with Crippen LogP contribution < -0.4 is 0 Å². The summed E-state index contributed by atoms with van der Waals surface area (Å²) in [6.45, 7) is 5.24. The van der Waals surface area contributed by atoms with Crippen molar-refractivity contribution in [1.29, 1.82) is 0 Å². The molecule has 1 rings (SSSR count). The first-order valence-corrected chi connectivity index (χ1v) is 8.31. The molecule has 134 valence electrons. The summed E-state index contributed by atoms with van der Waals surface area (Å²) in [5.41, 5.74) is 8.58. The Kier molecular flexibility index (Phi) is 7.90. The first-order valence-electron chi connectivity index (χ1n) is 7.26. The summed E-state index contributed by atoms with van der Waals surface area (Å²) < 4.78 is 21.0. The average Bonchev–Trinajstić information content (AvgIpc) is 2.47. The Bertz CT molecular complexity index is 547. The van der Waals surface area contributed by atoms with E-state index in [1.54, 1.807) is 0 Å². The largest absolute Gasteiger partial charge is 0.463 e. The van der Waals surface area contributed by atoms with E-state index < -0.39 is 41.7 Å². The minimum Gasteiger partial charge on any atom is -0.463 e. The van der Waals surface area contributed by atoms with Gasteiger partial charge in [0.15, 0.2) is 6.10 Å². The number of hydrogen-bond donors (Lipinski definition) is 0. The van der Waals surface area contributed by atoms with Gasteiger partial charge in [-0.05, 0) is 5.75 Å². The summed E-state index contributed by atoms with van der Waals surface area (Å²) in [5.74, 6) is -1.21. The van der Waals surface area contributed by atoms with Crippen molar-refractivity contribution in [3.63, 3.8) is 0 Å². The summed E-state index contributed by atoms with van der Waals surface area (Å²) in [5, 5.41) is 0. The molecule has 1 saturated heterocycles. The van der Waals surface area contributed by atoms with E-state index in [1.165, 1.54) is 32.5 Å².